The number of nitrogens with one attached hydrogen (secondary N) is 1. The Morgan fingerprint density at radius 1 is 1.16 bits per heavy atom. The van der Waals surface area contributed by atoms with Crippen LogP contribution in [0.4, 0.5) is 11.5 Å². The molecule has 6 heteroatoms. The van der Waals surface area contributed by atoms with Crippen LogP contribution in [-0.4, -0.2) is 34.6 Å². The highest BCUT2D eigenvalue weighted by Gasteiger charge is 2.06. The van der Waals surface area contributed by atoms with E-state index in [4.69, 9.17) is 0 Å². The summed E-state index contributed by atoms with van der Waals surface area (Å²) in [7, 11) is 0. The van der Waals surface area contributed by atoms with Gasteiger partial charge in [-0.3, -0.25) is 5.43 Å². The van der Waals surface area contributed by atoms with Crippen LogP contribution in [0.25, 0.3) is 10.8 Å². The number of aromatic hydroxyl groups is 1. The number of nitrogens with zero attached hydrogens (tertiary/aromatic N) is 4. The van der Waals surface area contributed by atoms with Gasteiger partial charge in [-0.05, 0) is 26.0 Å². The molecule has 0 atom stereocenters. The largest absolute Gasteiger partial charge is 0.507 e. The Balaban J connectivity index is 1.78. The van der Waals surface area contributed by atoms with E-state index in [9.17, 15) is 5.11 Å². The predicted octanol–water partition coefficient (Wildman–Crippen LogP) is 3.63. The molecule has 0 saturated heterocycles. The first-order valence-corrected chi connectivity index (χ1v) is 8.30. The van der Waals surface area contributed by atoms with E-state index >= 15 is 0 Å². The SMILES string of the molecule is CCN(CC)c1ccc(/C=N\Nc2nncc3ccccc23)c(O)c1. The van der Waals surface area contributed by atoms with Gasteiger partial charge in [0, 0.05) is 41.2 Å². The standard InChI is InChI=1S/C19H21N5O/c1-3-24(4-2)16-10-9-15(18(25)11-16)13-21-23-19-17-8-6-5-7-14(17)12-20-22-19/h5-13,25H,3-4H2,1-2H3,(H,22,23)/b21-13-. The van der Waals surface area contributed by atoms with Gasteiger partial charge in [0.15, 0.2) is 5.82 Å². The average Bonchev–Trinajstić information content (AvgIpc) is 2.64. The van der Waals surface area contributed by atoms with Gasteiger partial charge in [-0.1, -0.05) is 24.3 Å². The number of hydrogen-bond donors (Lipinski definition) is 2. The molecule has 0 amide bonds. The molecule has 0 saturated carbocycles. The molecule has 6 nitrogen and oxygen atoms in total. The first kappa shape index (κ1) is 16.7. The van der Waals surface area contributed by atoms with Crippen LogP contribution >= 0.6 is 0 Å². The van der Waals surface area contributed by atoms with Gasteiger partial charge in [-0.2, -0.15) is 10.2 Å². The molecule has 0 bridgehead atoms. The van der Waals surface area contributed by atoms with Crippen LogP contribution in [0.2, 0.25) is 0 Å². The fourth-order valence-electron chi connectivity index (χ4n) is 2.70. The molecule has 1 heterocycles. The van der Waals surface area contributed by atoms with E-state index in [1.807, 2.05) is 36.4 Å². The zero-order valence-corrected chi connectivity index (χ0v) is 14.3. The average molecular weight is 335 g/mol. The molecule has 0 fully saturated rings. The maximum absolute atomic E-state index is 10.2. The number of hydrogen-bond acceptors (Lipinski definition) is 6. The summed E-state index contributed by atoms with van der Waals surface area (Å²) >= 11 is 0. The Kier molecular flexibility index (Phi) is 5.09. The molecule has 0 aliphatic carbocycles. The van der Waals surface area contributed by atoms with Gasteiger partial charge in [0.25, 0.3) is 0 Å². The summed E-state index contributed by atoms with van der Waals surface area (Å²) in [5, 5.41) is 24.4. The molecule has 0 unspecified atom stereocenters. The molecule has 0 aliphatic rings. The molecule has 0 spiro atoms. The lowest BCUT2D eigenvalue weighted by Crippen LogP contribution is -2.21. The molecule has 0 aliphatic heterocycles. The predicted molar refractivity (Wildman–Crippen MR) is 102 cm³/mol. The first-order chi connectivity index (χ1) is 12.2. The third kappa shape index (κ3) is 3.68. The summed E-state index contributed by atoms with van der Waals surface area (Å²) in [6.07, 6.45) is 3.28. The summed E-state index contributed by atoms with van der Waals surface area (Å²) in [5.41, 5.74) is 4.53. The van der Waals surface area contributed by atoms with Crippen LogP contribution in [0.15, 0.2) is 53.8 Å². The van der Waals surface area contributed by atoms with Gasteiger partial charge in [-0.25, -0.2) is 0 Å². The van der Waals surface area contributed by atoms with Crippen molar-refractivity contribution in [3.63, 3.8) is 0 Å². The maximum atomic E-state index is 10.2. The molecule has 1 aromatic heterocycles. The van der Waals surface area contributed by atoms with E-state index in [0.29, 0.717) is 11.4 Å². The minimum atomic E-state index is 0.193. The van der Waals surface area contributed by atoms with Crippen molar-refractivity contribution in [1.29, 1.82) is 0 Å². The van der Waals surface area contributed by atoms with Gasteiger partial charge >= 0.3 is 0 Å². The first-order valence-electron chi connectivity index (χ1n) is 8.30. The second-order valence-corrected chi connectivity index (χ2v) is 5.57. The second-order valence-electron chi connectivity index (χ2n) is 5.57. The van der Waals surface area contributed by atoms with E-state index < -0.39 is 0 Å². The summed E-state index contributed by atoms with van der Waals surface area (Å²) in [6.45, 7) is 5.96. The number of aromatic nitrogens is 2. The van der Waals surface area contributed by atoms with Crippen LogP contribution in [-0.2, 0) is 0 Å². The summed E-state index contributed by atoms with van der Waals surface area (Å²) in [6, 6.07) is 13.4. The number of phenols is 1. The van der Waals surface area contributed by atoms with Crippen molar-refractivity contribution >= 4 is 28.5 Å². The minimum Gasteiger partial charge on any atom is -0.507 e. The number of benzene rings is 2. The molecule has 3 aromatic rings. The number of rotatable bonds is 6. The van der Waals surface area contributed by atoms with Gasteiger partial charge in [0.1, 0.15) is 5.75 Å². The quantitative estimate of drug-likeness (QED) is 0.531. The molecule has 25 heavy (non-hydrogen) atoms. The maximum Gasteiger partial charge on any atom is 0.176 e. The van der Waals surface area contributed by atoms with Crippen molar-refractivity contribution in [2.24, 2.45) is 5.10 Å². The van der Waals surface area contributed by atoms with Gasteiger partial charge in [0.05, 0.1) is 12.4 Å². The topological polar surface area (TPSA) is 73.6 Å². The normalized spacial score (nSPS) is 11.1. The van der Waals surface area contributed by atoms with Crippen LogP contribution < -0.4 is 10.3 Å². The fourth-order valence-corrected chi connectivity index (χ4v) is 2.70. The van der Waals surface area contributed by atoms with E-state index in [2.05, 4.69) is 39.5 Å². The van der Waals surface area contributed by atoms with Gasteiger partial charge in [0.2, 0.25) is 0 Å². The lowest BCUT2D eigenvalue weighted by atomic mass is 10.2. The fraction of sp³-hybridized carbons (Fsp3) is 0.211. The van der Waals surface area contributed by atoms with Crippen LogP contribution in [0.3, 0.4) is 0 Å². The van der Waals surface area contributed by atoms with Crippen molar-refractivity contribution in [2.45, 2.75) is 13.8 Å². The Morgan fingerprint density at radius 3 is 2.72 bits per heavy atom. The molecule has 3 rings (SSSR count). The van der Waals surface area contributed by atoms with Crippen molar-refractivity contribution in [2.75, 3.05) is 23.4 Å². The summed E-state index contributed by atoms with van der Waals surface area (Å²) < 4.78 is 0. The molecule has 0 radical (unpaired) electrons. The number of anilines is 2. The van der Waals surface area contributed by atoms with Gasteiger partial charge in [-0.15, -0.1) is 5.10 Å². The Bertz CT molecular complexity index is 885. The molecular formula is C19H21N5O. The third-order valence-corrected chi connectivity index (χ3v) is 4.09. The lowest BCUT2D eigenvalue weighted by molar-refractivity contribution is 0.474. The molecule has 2 N–H and O–H groups in total. The second kappa shape index (κ2) is 7.61. The number of hydrazone groups is 1. The molecule has 128 valence electrons. The van der Waals surface area contributed by atoms with Crippen molar-refractivity contribution in [1.82, 2.24) is 10.2 Å². The van der Waals surface area contributed by atoms with Crippen molar-refractivity contribution in [3.8, 4) is 5.75 Å². The third-order valence-electron chi connectivity index (χ3n) is 4.09. The lowest BCUT2D eigenvalue weighted by Gasteiger charge is -2.21. The highest BCUT2D eigenvalue weighted by atomic mass is 16.3. The van der Waals surface area contributed by atoms with E-state index in [1.165, 1.54) is 0 Å². The van der Waals surface area contributed by atoms with Crippen LogP contribution in [0.5, 0.6) is 5.75 Å². The number of fused-ring (bicyclic) bond motifs is 1. The van der Waals surface area contributed by atoms with Gasteiger partial charge < -0.3 is 10.0 Å². The number of phenolic OH excluding ortho intramolecular Hbond substituents is 1. The Labute approximate surface area is 146 Å². The summed E-state index contributed by atoms with van der Waals surface area (Å²) in [4.78, 5) is 2.17. The van der Waals surface area contributed by atoms with Crippen LogP contribution in [0.1, 0.15) is 19.4 Å². The Morgan fingerprint density at radius 2 is 1.96 bits per heavy atom. The van der Waals surface area contributed by atoms with E-state index in [-0.39, 0.29) is 5.75 Å². The highest BCUT2D eigenvalue weighted by molar-refractivity contribution is 5.91. The van der Waals surface area contributed by atoms with Crippen molar-refractivity contribution < 1.29 is 5.11 Å². The van der Waals surface area contributed by atoms with E-state index in [0.717, 1.165) is 29.5 Å². The minimum absolute atomic E-state index is 0.193. The molecular weight excluding hydrogens is 314 g/mol. The monoisotopic (exact) mass is 335 g/mol. The molecule has 2 aromatic carbocycles. The van der Waals surface area contributed by atoms with Crippen LogP contribution in [0, 0.1) is 0 Å². The van der Waals surface area contributed by atoms with E-state index in [1.54, 1.807) is 18.5 Å². The zero-order chi connectivity index (χ0) is 17.6. The summed E-state index contributed by atoms with van der Waals surface area (Å²) in [5.74, 6) is 0.771. The zero-order valence-electron chi connectivity index (χ0n) is 14.3. The Hall–Kier alpha value is -3.15. The smallest absolute Gasteiger partial charge is 0.176 e. The van der Waals surface area contributed by atoms with Crippen molar-refractivity contribution in [3.05, 3.63) is 54.2 Å². The highest BCUT2D eigenvalue weighted by Crippen LogP contribution is 2.24.